The van der Waals surface area contributed by atoms with E-state index in [-0.39, 0.29) is 18.1 Å². The van der Waals surface area contributed by atoms with Crippen LogP contribution in [-0.2, 0) is 14.4 Å². The summed E-state index contributed by atoms with van der Waals surface area (Å²) in [4.78, 5) is 31.9. The lowest BCUT2D eigenvalue weighted by molar-refractivity contribution is -0.138. The molecular weight excluding hydrogens is 272 g/mol. The molecule has 114 valence electrons. The molecule has 19 heavy (non-hydrogen) atoms. The van der Waals surface area contributed by atoms with Crippen LogP contribution < -0.4 is 11.1 Å². The summed E-state index contributed by atoms with van der Waals surface area (Å²) < 4.78 is 0. The van der Waals surface area contributed by atoms with Crippen LogP contribution in [0.4, 0.5) is 0 Å². The van der Waals surface area contributed by atoms with Gasteiger partial charge >= 0.3 is 5.97 Å². The maximum absolute atomic E-state index is 11.2. The van der Waals surface area contributed by atoms with E-state index in [1.165, 1.54) is 7.05 Å². The predicted octanol–water partition coefficient (Wildman–Crippen LogP) is -0.530. The van der Waals surface area contributed by atoms with Crippen molar-refractivity contribution in [3.05, 3.63) is 0 Å². The Balaban J connectivity index is -0.000000579. The molecule has 0 saturated heterocycles. The van der Waals surface area contributed by atoms with E-state index in [9.17, 15) is 14.4 Å². The quantitative estimate of drug-likeness (QED) is 0.465. The van der Waals surface area contributed by atoms with Crippen LogP contribution >= 0.6 is 11.8 Å². The van der Waals surface area contributed by atoms with Gasteiger partial charge < -0.3 is 26.1 Å². The number of hydrogen-bond donors (Lipinski definition) is 4. The lowest BCUT2D eigenvalue weighted by Crippen LogP contribution is -2.36. The molecule has 0 rings (SSSR count). The summed E-state index contributed by atoms with van der Waals surface area (Å²) in [6.07, 6.45) is 0.676. The number of nitrogens with two attached hydrogens (primary N) is 1. The number of aliphatic carboxylic acids is 1. The first kappa shape index (κ1) is 23.0. The Morgan fingerprint density at radius 2 is 1.84 bits per heavy atom. The van der Waals surface area contributed by atoms with E-state index in [0.717, 1.165) is 18.9 Å². The monoisotopic (exact) mass is 296 g/mol. The van der Waals surface area contributed by atoms with Crippen LogP contribution in [0.15, 0.2) is 0 Å². The highest BCUT2D eigenvalue weighted by Gasteiger charge is 2.20. The fraction of sp³-hybridized carbons (Fsp3) is 0.727. The molecule has 0 aromatic rings. The molecule has 0 aliphatic rings. The van der Waals surface area contributed by atoms with Gasteiger partial charge in [-0.05, 0) is 0 Å². The van der Waals surface area contributed by atoms with Crippen LogP contribution in [0.3, 0.4) is 0 Å². The number of rotatable bonds is 7. The van der Waals surface area contributed by atoms with Crippen LogP contribution in [0.1, 0.15) is 20.3 Å². The molecule has 0 aromatic carbocycles. The fourth-order valence-corrected chi connectivity index (χ4v) is 1.86. The Labute approximate surface area is 117 Å². The smallest absolute Gasteiger partial charge is 0.321 e. The number of carbonyl (C=O) groups is 3. The summed E-state index contributed by atoms with van der Waals surface area (Å²) in [6, 6.07) is -1.02. The summed E-state index contributed by atoms with van der Waals surface area (Å²) in [5.41, 5.74) is 5.26. The van der Waals surface area contributed by atoms with Crippen LogP contribution in [0.25, 0.3) is 0 Å². The zero-order valence-corrected chi connectivity index (χ0v) is 12.6. The number of nitrogens with one attached hydrogen (secondary N) is 1. The van der Waals surface area contributed by atoms with Gasteiger partial charge in [-0.15, -0.1) is 11.8 Å². The molecule has 0 heterocycles. The zero-order chi connectivity index (χ0) is 15.8. The van der Waals surface area contributed by atoms with Crippen molar-refractivity contribution in [3.63, 3.8) is 0 Å². The molecular formula is C11H24N2O5S. The van der Waals surface area contributed by atoms with Crippen LogP contribution in [0, 0.1) is 0 Å². The molecule has 0 bridgehead atoms. The second-order valence-corrected chi connectivity index (χ2v) is 4.02. The van der Waals surface area contributed by atoms with Crippen molar-refractivity contribution in [2.45, 2.75) is 31.6 Å². The van der Waals surface area contributed by atoms with Gasteiger partial charge in [0.25, 0.3) is 0 Å². The molecule has 0 aliphatic carbocycles. The number of aliphatic hydroxyl groups is 1. The van der Waals surface area contributed by atoms with E-state index in [0.29, 0.717) is 6.29 Å². The number of thioether (sulfide) groups is 1. The number of carboxylic acids is 1. The van der Waals surface area contributed by atoms with Gasteiger partial charge in [-0.2, -0.15) is 0 Å². The highest BCUT2D eigenvalue weighted by molar-refractivity contribution is 8.00. The first-order valence-corrected chi connectivity index (χ1v) is 6.77. The van der Waals surface area contributed by atoms with E-state index >= 15 is 0 Å². The number of aldehydes is 1. The minimum absolute atomic E-state index is 0.0523. The molecule has 5 N–H and O–H groups in total. The SMILES string of the molecule is CC.CNC(=O)C(CC=O)SCC(N)C(=O)O.CO. The lowest BCUT2D eigenvalue weighted by atomic mass is 10.3. The molecule has 2 unspecified atom stereocenters. The third kappa shape index (κ3) is 13.1. The van der Waals surface area contributed by atoms with Crippen LogP contribution in [0.5, 0.6) is 0 Å². The van der Waals surface area contributed by atoms with Crippen molar-refractivity contribution in [2.75, 3.05) is 19.9 Å². The summed E-state index contributed by atoms with van der Waals surface area (Å²) >= 11 is 1.07. The molecule has 0 aromatic heterocycles. The molecule has 0 saturated carbocycles. The Morgan fingerprint density at radius 1 is 1.37 bits per heavy atom. The van der Waals surface area contributed by atoms with Gasteiger partial charge in [-0.3, -0.25) is 9.59 Å². The minimum atomic E-state index is -1.12. The molecule has 1 amide bonds. The van der Waals surface area contributed by atoms with Gasteiger partial charge in [0.15, 0.2) is 0 Å². The van der Waals surface area contributed by atoms with E-state index < -0.39 is 17.3 Å². The molecule has 0 spiro atoms. The predicted molar refractivity (Wildman–Crippen MR) is 76.1 cm³/mol. The van der Waals surface area contributed by atoms with Gasteiger partial charge in [0.1, 0.15) is 12.3 Å². The first-order valence-electron chi connectivity index (χ1n) is 5.72. The lowest BCUT2D eigenvalue weighted by Gasteiger charge is -2.13. The fourth-order valence-electron chi connectivity index (χ4n) is 0.790. The molecule has 7 nitrogen and oxygen atoms in total. The summed E-state index contributed by atoms with van der Waals surface area (Å²) in [6.45, 7) is 4.00. The van der Waals surface area contributed by atoms with Crippen molar-refractivity contribution in [3.8, 4) is 0 Å². The normalized spacial score (nSPS) is 11.7. The van der Waals surface area contributed by atoms with Gasteiger partial charge in [-0.25, -0.2) is 0 Å². The summed E-state index contributed by atoms with van der Waals surface area (Å²) in [7, 11) is 2.46. The van der Waals surface area contributed by atoms with Gasteiger partial charge in [0.2, 0.25) is 5.91 Å². The number of hydrogen-bond acceptors (Lipinski definition) is 6. The van der Waals surface area contributed by atoms with E-state index in [2.05, 4.69) is 5.32 Å². The van der Waals surface area contributed by atoms with Crippen molar-refractivity contribution < 1.29 is 24.6 Å². The Morgan fingerprint density at radius 3 is 2.16 bits per heavy atom. The van der Waals surface area contributed by atoms with Gasteiger partial charge in [-0.1, -0.05) is 13.8 Å². The summed E-state index contributed by atoms with van der Waals surface area (Å²) in [5, 5.41) is 17.3. The second-order valence-electron chi connectivity index (χ2n) is 2.78. The number of carbonyl (C=O) groups excluding carboxylic acids is 2. The van der Waals surface area contributed by atoms with Gasteiger partial charge in [0, 0.05) is 26.3 Å². The molecule has 0 fully saturated rings. The highest BCUT2D eigenvalue weighted by atomic mass is 32.2. The molecule has 0 aliphatic heterocycles. The molecule has 0 radical (unpaired) electrons. The third-order valence-electron chi connectivity index (χ3n) is 1.64. The maximum Gasteiger partial charge on any atom is 0.321 e. The maximum atomic E-state index is 11.2. The average molecular weight is 296 g/mol. The Kier molecular flexibility index (Phi) is 20.4. The molecule has 8 heteroatoms. The number of amides is 1. The Bertz CT molecular complexity index is 251. The molecule has 2 atom stereocenters. The topological polar surface area (TPSA) is 130 Å². The van der Waals surface area contributed by atoms with E-state index in [4.69, 9.17) is 15.9 Å². The minimum Gasteiger partial charge on any atom is -0.480 e. The van der Waals surface area contributed by atoms with Gasteiger partial charge in [0.05, 0.1) is 5.25 Å². The summed E-state index contributed by atoms with van der Waals surface area (Å²) in [5.74, 6) is -1.32. The zero-order valence-electron chi connectivity index (χ0n) is 11.8. The van der Waals surface area contributed by atoms with Crippen molar-refractivity contribution >= 4 is 29.9 Å². The van der Waals surface area contributed by atoms with Crippen molar-refractivity contribution in [2.24, 2.45) is 5.73 Å². The largest absolute Gasteiger partial charge is 0.480 e. The van der Waals surface area contributed by atoms with Crippen molar-refractivity contribution in [1.82, 2.24) is 5.32 Å². The first-order chi connectivity index (χ1) is 9.02. The standard InChI is InChI=1S/C8H14N2O4S.C2H6.CH4O/c1-10-7(12)6(2-3-11)15-4-5(9)8(13)14;2*1-2/h3,5-6H,2,4,9H2,1H3,(H,10,12)(H,13,14);1-2H3;2H,1H3. The third-order valence-corrected chi connectivity index (χ3v) is 3.00. The van der Waals surface area contributed by atoms with E-state index in [1.54, 1.807) is 0 Å². The Hall–Kier alpha value is -1.12. The highest BCUT2D eigenvalue weighted by Crippen LogP contribution is 2.14. The van der Waals surface area contributed by atoms with Crippen LogP contribution in [0.2, 0.25) is 0 Å². The van der Waals surface area contributed by atoms with E-state index in [1.807, 2.05) is 13.8 Å². The van der Waals surface area contributed by atoms with Crippen LogP contribution in [-0.4, -0.2) is 59.6 Å². The average Bonchev–Trinajstić information content (AvgIpc) is 2.46. The van der Waals surface area contributed by atoms with Crippen molar-refractivity contribution in [1.29, 1.82) is 0 Å². The number of carboxylic acid groups (broad SMARTS) is 1. The number of aliphatic hydroxyl groups excluding tert-OH is 1. The second kappa shape index (κ2) is 16.9.